The second-order valence-corrected chi connectivity index (χ2v) is 11.1. The van der Waals surface area contributed by atoms with Gasteiger partial charge in [0.15, 0.2) is 0 Å². The van der Waals surface area contributed by atoms with Crippen LogP contribution in [0.4, 0.5) is 0 Å². The summed E-state index contributed by atoms with van der Waals surface area (Å²) < 4.78 is 12.0. The Hall–Kier alpha value is -2.95. The molecule has 4 nitrogen and oxygen atoms in total. The molecule has 0 amide bonds. The maximum atomic E-state index is 13.4. The van der Waals surface area contributed by atoms with Gasteiger partial charge in [-0.2, -0.15) is 0 Å². The molecule has 3 aromatic rings. The number of ether oxygens (including phenoxy) is 2. The Kier molecular flexibility index (Phi) is 6.18. The summed E-state index contributed by atoms with van der Waals surface area (Å²) in [6, 6.07) is 28.0. The molecule has 3 fully saturated rings. The fourth-order valence-electron chi connectivity index (χ4n) is 7.11. The lowest BCUT2D eigenvalue weighted by Gasteiger charge is -2.60. The molecule has 7 rings (SSSR count). The van der Waals surface area contributed by atoms with Gasteiger partial charge in [-0.25, -0.2) is 0 Å². The van der Waals surface area contributed by atoms with Crippen molar-refractivity contribution in [2.24, 2.45) is 5.92 Å². The summed E-state index contributed by atoms with van der Waals surface area (Å²) in [6.45, 7) is 1.30. The van der Waals surface area contributed by atoms with E-state index in [1.165, 1.54) is 22.3 Å². The number of benzene rings is 3. The quantitative estimate of drug-likeness (QED) is 0.414. The molecule has 3 atom stereocenters. The van der Waals surface area contributed by atoms with E-state index in [1.54, 1.807) is 0 Å². The lowest BCUT2D eigenvalue weighted by molar-refractivity contribution is -0.166. The van der Waals surface area contributed by atoms with Crippen LogP contribution in [-0.4, -0.2) is 36.6 Å². The molecule has 0 aromatic heterocycles. The molecule has 1 aliphatic heterocycles. The first kappa shape index (κ1) is 23.4. The number of rotatable bonds is 6. The van der Waals surface area contributed by atoms with Gasteiger partial charge in [0.2, 0.25) is 0 Å². The third kappa shape index (κ3) is 4.27. The summed E-state index contributed by atoms with van der Waals surface area (Å²) in [5.41, 5.74) is 6.12. The molecular formula is C32H35NO3. The zero-order chi connectivity index (χ0) is 24.7. The summed E-state index contributed by atoms with van der Waals surface area (Å²) in [6.07, 6.45) is 3.27. The third-order valence-corrected chi connectivity index (χ3v) is 8.96. The SMILES string of the molecule is CN(C)C12C[C@@H](OC(=O)Cc3ccc4c(c3)COC4)C([C@H](c3ccccc3)C1)[C@H](c1ccccc1)C2. The van der Waals surface area contributed by atoms with E-state index in [1.807, 2.05) is 6.07 Å². The van der Waals surface area contributed by atoms with Crippen molar-refractivity contribution in [3.05, 3.63) is 107 Å². The number of carbonyl (C=O) groups excluding carboxylic acids is 1. The normalized spacial score (nSPS) is 28.8. The topological polar surface area (TPSA) is 38.8 Å². The summed E-state index contributed by atoms with van der Waals surface area (Å²) in [5, 5.41) is 0. The molecule has 4 aliphatic rings. The number of nitrogens with zero attached hydrogens (tertiary/aromatic N) is 1. The third-order valence-electron chi connectivity index (χ3n) is 8.96. The molecule has 1 heterocycles. The van der Waals surface area contributed by atoms with Gasteiger partial charge in [0.1, 0.15) is 6.10 Å². The Labute approximate surface area is 214 Å². The number of fused-ring (bicyclic) bond motifs is 4. The second kappa shape index (κ2) is 9.49. The Morgan fingerprint density at radius 3 is 2.08 bits per heavy atom. The molecule has 0 unspecified atom stereocenters. The van der Waals surface area contributed by atoms with Crippen LogP contribution in [0, 0.1) is 5.92 Å². The first-order valence-electron chi connectivity index (χ1n) is 13.2. The van der Waals surface area contributed by atoms with Gasteiger partial charge >= 0.3 is 5.97 Å². The highest BCUT2D eigenvalue weighted by Gasteiger charge is 2.58. The summed E-state index contributed by atoms with van der Waals surface area (Å²) in [7, 11) is 4.39. The lowest BCUT2D eigenvalue weighted by atomic mass is 9.52. The highest BCUT2D eigenvalue weighted by atomic mass is 16.5. The molecule has 2 bridgehead atoms. The van der Waals surface area contributed by atoms with E-state index in [2.05, 4.69) is 91.8 Å². The van der Waals surface area contributed by atoms with Crippen molar-refractivity contribution in [1.29, 1.82) is 0 Å². The first-order valence-corrected chi connectivity index (χ1v) is 13.2. The highest BCUT2D eigenvalue weighted by molar-refractivity contribution is 5.73. The van der Waals surface area contributed by atoms with Crippen LogP contribution in [0.25, 0.3) is 0 Å². The molecule has 0 radical (unpaired) electrons. The van der Waals surface area contributed by atoms with Gasteiger partial charge in [0.05, 0.1) is 19.6 Å². The van der Waals surface area contributed by atoms with E-state index in [-0.39, 0.29) is 23.5 Å². The van der Waals surface area contributed by atoms with Crippen molar-refractivity contribution in [3.8, 4) is 0 Å². The van der Waals surface area contributed by atoms with E-state index in [0.717, 1.165) is 24.8 Å². The largest absolute Gasteiger partial charge is 0.462 e. The lowest BCUT2D eigenvalue weighted by Crippen LogP contribution is -2.61. The zero-order valence-corrected chi connectivity index (χ0v) is 21.2. The van der Waals surface area contributed by atoms with Crippen molar-refractivity contribution in [2.75, 3.05) is 14.1 Å². The van der Waals surface area contributed by atoms with Crippen molar-refractivity contribution in [3.63, 3.8) is 0 Å². The van der Waals surface area contributed by atoms with Gasteiger partial charge in [-0.3, -0.25) is 4.79 Å². The smallest absolute Gasteiger partial charge is 0.310 e. The van der Waals surface area contributed by atoms with Gasteiger partial charge in [-0.1, -0.05) is 78.9 Å². The molecule has 3 saturated carbocycles. The van der Waals surface area contributed by atoms with E-state index < -0.39 is 0 Å². The van der Waals surface area contributed by atoms with Crippen LogP contribution in [0.15, 0.2) is 78.9 Å². The average Bonchev–Trinajstić information content (AvgIpc) is 3.37. The van der Waals surface area contributed by atoms with Crippen molar-refractivity contribution in [1.82, 2.24) is 4.90 Å². The fraction of sp³-hybridized carbons (Fsp3) is 0.406. The van der Waals surface area contributed by atoms with Crippen LogP contribution in [-0.2, 0) is 33.9 Å². The number of esters is 1. The molecule has 4 heteroatoms. The molecule has 0 saturated heterocycles. The van der Waals surface area contributed by atoms with Crippen LogP contribution < -0.4 is 0 Å². The minimum Gasteiger partial charge on any atom is -0.462 e. The Bertz CT molecular complexity index is 1170. The second-order valence-electron chi connectivity index (χ2n) is 11.1. The summed E-state index contributed by atoms with van der Waals surface area (Å²) >= 11 is 0. The van der Waals surface area contributed by atoms with Gasteiger partial charge in [0.25, 0.3) is 0 Å². The van der Waals surface area contributed by atoms with E-state index in [0.29, 0.717) is 31.5 Å². The maximum absolute atomic E-state index is 13.4. The number of carbonyl (C=O) groups is 1. The molecular weight excluding hydrogens is 446 g/mol. The zero-order valence-electron chi connectivity index (χ0n) is 21.2. The summed E-state index contributed by atoms with van der Waals surface area (Å²) in [4.78, 5) is 15.7. The summed E-state index contributed by atoms with van der Waals surface area (Å²) in [5.74, 6) is 0.820. The molecule has 186 valence electrons. The Morgan fingerprint density at radius 2 is 1.47 bits per heavy atom. The maximum Gasteiger partial charge on any atom is 0.310 e. The van der Waals surface area contributed by atoms with Crippen molar-refractivity contribution < 1.29 is 14.3 Å². The van der Waals surface area contributed by atoms with Gasteiger partial charge in [0, 0.05) is 17.9 Å². The van der Waals surface area contributed by atoms with Crippen molar-refractivity contribution in [2.45, 2.75) is 62.4 Å². The monoisotopic (exact) mass is 481 g/mol. The number of hydrogen-bond donors (Lipinski definition) is 0. The van der Waals surface area contributed by atoms with Crippen molar-refractivity contribution >= 4 is 5.97 Å². The standard InChI is InChI=1S/C32H35NO3/c1-33(2)32-17-27(23-9-5-3-6-10-23)31(28(18-32)24-11-7-4-8-12-24)29(19-32)36-30(34)16-22-13-14-25-20-35-21-26(25)15-22/h3-15,27-29,31H,16-21H2,1-2H3/t27-,28-,29+,31?,32?/m0/s1. The average molecular weight is 482 g/mol. The predicted molar refractivity (Wildman–Crippen MR) is 141 cm³/mol. The minimum atomic E-state index is -0.126. The molecule has 36 heavy (non-hydrogen) atoms. The van der Waals surface area contributed by atoms with Crippen LogP contribution in [0.3, 0.4) is 0 Å². The van der Waals surface area contributed by atoms with Crippen LogP contribution in [0.1, 0.15) is 58.9 Å². The molecule has 0 N–H and O–H groups in total. The van der Waals surface area contributed by atoms with Crippen LogP contribution >= 0.6 is 0 Å². The van der Waals surface area contributed by atoms with Gasteiger partial charge in [-0.05, 0) is 66.6 Å². The first-order chi connectivity index (χ1) is 17.5. The fourth-order valence-corrected chi connectivity index (χ4v) is 7.11. The van der Waals surface area contributed by atoms with Crippen LogP contribution in [0.2, 0.25) is 0 Å². The highest BCUT2D eigenvalue weighted by Crippen LogP contribution is 2.60. The molecule has 3 aliphatic carbocycles. The van der Waals surface area contributed by atoms with E-state index in [9.17, 15) is 4.79 Å². The molecule has 3 aromatic carbocycles. The van der Waals surface area contributed by atoms with Crippen LogP contribution in [0.5, 0.6) is 0 Å². The van der Waals surface area contributed by atoms with Gasteiger partial charge in [-0.15, -0.1) is 0 Å². The molecule has 0 spiro atoms. The van der Waals surface area contributed by atoms with E-state index >= 15 is 0 Å². The Morgan fingerprint density at radius 1 is 0.861 bits per heavy atom. The van der Waals surface area contributed by atoms with Gasteiger partial charge < -0.3 is 14.4 Å². The Balaban J connectivity index is 1.32. The number of hydrogen-bond acceptors (Lipinski definition) is 4. The predicted octanol–water partition coefficient (Wildman–Crippen LogP) is 5.85. The minimum absolute atomic E-state index is 0.00831. The van der Waals surface area contributed by atoms with E-state index in [4.69, 9.17) is 9.47 Å².